The number of carbonyl (C=O) groups excluding carboxylic acids is 1. The van der Waals surface area contributed by atoms with Crippen LogP contribution >= 0.6 is 0 Å². The minimum Gasteiger partial charge on any atom is -0.494 e. The first kappa shape index (κ1) is 12.0. The van der Waals surface area contributed by atoms with Crippen LogP contribution in [0.1, 0.15) is 30.1 Å². The van der Waals surface area contributed by atoms with Crippen molar-refractivity contribution in [3.63, 3.8) is 0 Å². The van der Waals surface area contributed by atoms with Crippen molar-refractivity contribution in [1.82, 2.24) is 4.90 Å². The van der Waals surface area contributed by atoms with Gasteiger partial charge in [-0.05, 0) is 43.9 Å². The highest BCUT2D eigenvalue weighted by atomic mass is 16.5. The molecule has 0 spiro atoms. The summed E-state index contributed by atoms with van der Waals surface area (Å²) in [5, 5.41) is 0. The fourth-order valence-corrected chi connectivity index (χ4v) is 1.88. The predicted octanol–water partition coefficient (Wildman–Crippen LogP) is 2.57. The maximum atomic E-state index is 12.1. The quantitative estimate of drug-likeness (QED) is 0.782. The van der Waals surface area contributed by atoms with E-state index >= 15 is 0 Å². The number of rotatable bonds is 5. The summed E-state index contributed by atoms with van der Waals surface area (Å²) in [4.78, 5) is 13.9. The second-order valence-corrected chi connectivity index (χ2v) is 4.59. The first-order valence-electron chi connectivity index (χ1n) is 6.19. The molecule has 0 atom stereocenters. The summed E-state index contributed by atoms with van der Waals surface area (Å²) in [6.45, 7) is 3.43. The monoisotopic (exact) mass is 233 g/mol. The molecular weight excluding hydrogens is 214 g/mol. The number of nitrogens with zero attached hydrogens (tertiary/aromatic N) is 1. The van der Waals surface area contributed by atoms with E-state index in [-0.39, 0.29) is 5.91 Å². The van der Waals surface area contributed by atoms with E-state index in [1.165, 1.54) is 12.8 Å². The molecule has 0 radical (unpaired) electrons. The average molecular weight is 233 g/mol. The number of benzene rings is 1. The summed E-state index contributed by atoms with van der Waals surface area (Å²) in [5.41, 5.74) is 0.708. The molecule has 1 saturated carbocycles. The number of carbonyl (C=O) groups is 1. The van der Waals surface area contributed by atoms with Gasteiger partial charge in [-0.3, -0.25) is 4.79 Å². The Hall–Kier alpha value is -1.51. The van der Waals surface area contributed by atoms with Crippen LogP contribution in [0, 0.1) is 5.92 Å². The third-order valence-electron chi connectivity index (χ3n) is 2.97. The van der Waals surface area contributed by atoms with Crippen LogP contribution in [0.4, 0.5) is 0 Å². The van der Waals surface area contributed by atoms with Gasteiger partial charge in [0.2, 0.25) is 0 Å². The molecule has 17 heavy (non-hydrogen) atoms. The molecule has 1 aromatic rings. The Kier molecular flexibility index (Phi) is 3.67. The summed E-state index contributed by atoms with van der Waals surface area (Å²) in [7, 11) is 1.87. The second kappa shape index (κ2) is 5.21. The lowest BCUT2D eigenvalue weighted by molar-refractivity contribution is 0.0788. The lowest BCUT2D eigenvalue weighted by Gasteiger charge is -2.17. The Bertz CT molecular complexity index is 399. The second-order valence-electron chi connectivity index (χ2n) is 4.59. The van der Waals surface area contributed by atoms with Gasteiger partial charge in [-0.2, -0.15) is 0 Å². The molecule has 0 heterocycles. The topological polar surface area (TPSA) is 29.5 Å². The highest BCUT2D eigenvalue weighted by Gasteiger charge is 2.25. The zero-order valence-corrected chi connectivity index (χ0v) is 10.5. The van der Waals surface area contributed by atoms with Gasteiger partial charge in [-0.1, -0.05) is 6.07 Å². The van der Waals surface area contributed by atoms with Crippen molar-refractivity contribution in [3.8, 4) is 5.75 Å². The van der Waals surface area contributed by atoms with Gasteiger partial charge in [0.1, 0.15) is 5.75 Å². The zero-order valence-electron chi connectivity index (χ0n) is 10.5. The van der Waals surface area contributed by atoms with Gasteiger partial charge >= 0.3 is 0 Å². The summed E-state index contributed by atoms with van der Waals surface area (Å²) in [5.74, 6) is 1.57. The van der Waals surface area contributed by atoms with Crippen molar-refractivity contribution >= 4 is 5.91 Å². The minimum absolute atomic E-state index is 0.0819. The molecule has 1 aliphatic carbocycles. The zero-order chi connectivity index (χ0) is 12.3. The molecule has 0 N–H and O–H groups in total. The normalized spacial score (nSPS) is 14.5. The molecule has 0 bridgehead atoms. The third-order valence-corrected chi connectivity index (χ3v) is 2.97. The average Bonchev–Trinajstić information content (AvgIpc) is 3.13. The van der Waals surface area contributed by atoms with Crippen LogP contribution in [0.5, 0.6) is 5.75 Å². The minimum atomic E-state index is 0.0819. The van der Waals surface area contributed by atoms with Gasteiger partial charge in [-0.15, -0.1) is 0 Å². The van der Waals surface area contributed by atoms with Crippen molar-refractivity contribution in [3.05, 3.63) is 29.8 Å². The lowest BCUT2D eigenvalue weighted by Crippen LogP contribution is -2.28. The summed E-state index contributed by atoms with van der Waals surface area (Å²) >= 11 is 0. The summed E-state index contributed by atoms with van der Waals surface area (Å²) in [6.07, 6.45) is 2.52. The van der Waals surface area contributed by atoms with Crippen LogP contribution in [0.15, 0.2) is 24.3 Å². The maximum Gasteiger partial charge on any atom is 0.253 e. The van der Waals surface area contributed by atoms with Crippen LogP contribution in [-0.2, 0) is 0 Å². The Morgan fingerprint density at radius 2 is 2.24 bits per heavy atom. The van der Waals surface area contributed by atoms with Crippen LogP contribution in [0.2, 0.25) is 0 Å². The van der Waals surface area contributed by atoms with Crippen molar-refractivity contribution in [2.45, 2.75) is 19.8 Å². The van der Waals surface area contributed by atoms with E-state index in [2.05, 4.69) is 0 Å². The summed E-state index contributed by atoms with van der Waals surface area (Å²) < 4.78 is 5.40. The SMILES string of the molecule is CCOc1cccc(C(=O)N(C)CC2CC2)c1. The summed E-state index contributed by atoms with van der Waals surface area (Å²) in [6, 6.07) is 7.40. The van der Waals surface area contributed by atoms with E-state index in [0.717, 1.165) is 18.2 Å². The molecule has 0 saturated heterocycles. The molecule has 3 heteroatoms. The molecule has 1 aromatic carbocycles. The van der Waals surface area contributed by atoms with Crippen LogP contribution in [0.25, 0.3) is 0 Å². The number of hydrogen-bond donors (Lipinski definition) is 0. The number of amides is 1. The number of hydrogen-bond acceptors (Lipinski definition) is 2. The van der Waals surface area contributed by atoms with Gasteiger partial charge in [-0.25, -0.2) is 0 Å². The first-order valence-corrected chi connectivity index (χ1v) is 6.19. The third kappa shape index (κ3) is 3.22. The smallest absolute Gasteiger partial charge is 0.253 e. The standard InChI is InChI=1S/C14H19NO2/c1-3-17-13-6-4-5-12(9-13)14(16)15(2)10-11-7-8-11/h4-6,9,11H,3,7-8,10H2,1-2H3. The van der Waals surface area contributed by atoms with Crippen molar-refractivity contribution in [1.29, 1.82) is 0 Å². The van der Waals surface area contributed by atoms with Crippen molar-refractivity contribution in [2.75, 3.05) is 20.2 Å². The molecule has 92 valence electrons. The van der Waals surface area contributed by atoms with Crippen molar-refractivity contribution in [2.24, 2.45) is 5.92 Å². The van der Waals surface area contributed by atoms with E-state index in [1.807, 2.05) is 43.1 Å². The Morgan fingerprint density at radius 1 is 1.47 bits per heavy atom. The highest BCUT2D eigenvalue weighted by Crippen LogP contribution is 2.29. The van der Waals surface area contributed by atoms with Gasteiger partial charge in [0.05, 0.1) is 6.61 Å². The van der Waals surface area contributed by atoms with E-state index < -0.39 is 0 Å². The van der Waals surface area contributed by atoms with Crippen LogP contribution in [0.3, 0.4) is 0 Å². The first-order chi connectivity index (χ1) is 8.20. The maximum absolute atomic E-state index is 12.1. The van der Waals surface area contributed by atoms with Crippen LogP contribution < -0.4 is 4.74 Å². The molecule has 1 fully saturated rings. The van der Waals surface area contributed by atoms with Crippen molar-refractivity contribution < 1.29 is 9.53 Å². The van der Waals surface area contributed by atoms with Gasteiger partial charge < -0.3 is 9.64 Å². The van der Waals surface area contributed by atoms with Gasteiger partial charge in [0.15, 0.2) is 0 Å². The molecule has 3 nitrogen and oxygen atoms in total. The fourth-order valence-electron chi connectivity index (χ4n) is 1.88. The predicted molar refractivity (Wildman–Crippen MR) is 67.3 cm³/mol. The van der Waals surface area contributed by atoms with Gasteiger partial charge in [0.25, 0.3) is 5.91 Å². The van der Waals surface area contributed by atoms with E-state index in [4.69, 9.17) is 4.74 Å². The Morgan fingerprint density at radius 3 is 2.88 bits per heavy atom. The molecule has 1 amide bonds. The largest absolute Gasteiger partial charge is 0.494 e. The van der Waals surface area contributed by atoms with E-state index in [9.17, 15) is 4.79 Å². The Balaban J connectivity index is 2.03. The molecule has 1 aliphatic rings. The molecule has 0 aromatic heterocycles. The molecule has 0 aliphatic heterocycles. The molecule has 2 rings (SSSR count). The van der Waals surface area contributed by atoms with Crippen LogP contribution in [-0.4, -0.2) is 31.0 Å². The Labute approximate surface area is 102 Å². The lowest BCUT2D eigenvalue weighted by atomic mass is 10.2. The van der Waals surface area contributed by atoms with Gasteiger partial charge in [0, 0.05) is 19.2 Å². The fraction of sp³-hybridized carbons (Fsp3) is 0.500. The molecule has 0 unspecified atom stereocenters. The van der Waals surface area contributed by atoms with E-state index in [1.54, 1.807) is 0 Å². The number of ether oxygens (including phenoxy) is 1. The van der Waals surface area contributed by atoms with E-state index in [0.29, 0.717) is 12.2 Å². The highest BCUT2D eigenvalue weighted by molar-refractivity contribution is 5.94. The molecular formula is C14H19NO2.